The predicted molar refractivity (Wildman–Crippen MR) is 53.9 cm³/mol. The van der Waals surface area contributed by atoms with E-state index in [0.717, 1.165) is 6.42 Å². The van der Waals surface area contributed by atoms with Crippen molar-refractivity contribution in [3.63, 3.8) is 0 Å². The fourth-order valence-electron chi connectivity index (χ4n) is 0.552. The third kappa shape index (κ3) is 8.19. The highest BCUT2D eigenvalue weighted by Crippen LogP contribution is 2.07. The summed E-state index contributed by atoms with van der Waals surface area (Å²) in [5.74, 6) is -2.33. The van der Waals surface area contributed by atoms with Crippen LogP contribution in [0.2, 0.25) is 0 Å². The highest BCUT2D eigenvalue weighted by molar-refractivity contribution is 6.29. The third-order valence-electron chi connectivity index (χ3n) is 1.29. The van der Waals surface area contributed by atoms with Gasteiger partial charge in [-0.3, -0.25) is 4.89 Å². The first-order valence-corrected chi connectivity index (χ1v) is 5.10. The van der Waals surface area contributed by atoms with Gasteiger partial charge in [-0.2, -0.15) is 4.89 Å². The lowest BCUT2D eigenvalue weighted by Crippen LogP contribution is -2.25. The highest BCUT2D eigenvalue weighted by Gasteiger charge is 2.21. The summed E-state index contributed by atoms with van der Waals surface area (Å²) in [6.45, 7) is 7.21. The number of unbranched alkanes of at least 4 members (excludes halogenated alkanes) is 1. The maximum Gasteiger partial charge on any atom is 0.453 e. The number of esters is 1. The zero-order valence-electron chi connectivity index (χ0n) is 10.1. The summed E-state index contributed by atoms with van der Waals surface area (Å²) < 4.78 is 4.58. The minimum atomic E-state index is -1.24. The van der Waals surface area contributed by atoms with Crippen LogP contribution in [0.1, 0.15) is 40.5 Å². The van der Waals surface area contributed by atoms with Crippen LogP contribution >= 0.6 is 0 Å². The molecule has 0 aliphatic rings. The maximum atomic E-state index is 10.9. The molecule has 16 heavy (non-hydrogen) atoms. The van der Waals surface area contributed by atoms with Gasteiger partial charge < -0.3 is 4.74 Å². The molecule has 0 amide bonds. The van der Waals surface area contributed by atoms with Crippen LogP contribution in [0.5, 0.6) is 0 Å². The fourth-order valence-corrected chi connectivity index (χ4v) is 0.552. The van der Waals surface area contributed by atoms with E-state index >= 15 is 0 Å². The van der Waals surface area contributed by atoms with Gasteiger partial charge in [0, 0.05) is 0 Å². The Balaban J connectivity index is 3.68. The van der Waals surface area contributed by atoms with Crippen molar-refractivity contribution in [1.29, 1.82) is 0 Å². The molecule has 94 valence electrons. The van der Waals surface area contributed by atoms with Gasteiger partial charge in [0.1, 0.15) is 0 Å². The van der Waals surface area contributed by atoms with E-state index in [0.29, 0.717) is 6.42 Å². The largest absolute Gasteiger partial charge is 0.457 e. The minimum Gasteiger partial charge on any atom is -0.457 e. The van der Waals surface area contributed by atoms with Crippen molar-refractivity contribution in [1.82, 2.24) is 0 Å². The Morgan fingerprint density at radius 3 is 2.25 bits per heavy atom. The van der Waals surface area contributed by atoms with Crippen LogP contribution < -0.4 is 0 Å². The standard InChI is InChI=1S/C10H18O6/c1-5-6-7-13-8(11)9(12)14-16-15-10(2,3)4/h5-7H2,1-4H3. The van der Waals surface area contributed by atoms with Gasteiger partial charge >= 0.3 is 11.9 Å². The van der Waals surface area contributed by atoms with Gasteiger partial charge in [-0.05, 0) is 32.2 Å². The second-order valence-electron chi connectivity index (χ2n) is 4.12. The van der Waals surface area contributed by atoms with Crippen LogP contribution in [0, 0.1) is 0 Å². The highest BCUT2D eigenvalue weighted by atomic mass is 17.5. The summed E-state index contributed by atoms with van der Waals surface area (Å²) in [5.41, 5.74) is -0.633. The summed E-state index contributed by atoms with van der Waals surface area (Å²) in [6, 6.07) is 0. The Labute approximate surface area is 94.7 Å². The molecule has 0 aromatic heterocycles. The Morgan fingerprint density at radius 1 is 1.12 bits per heavy atom. The van der Waals surface area contributed by atoms with Crippen molar-refractivity contribution in [3.05, 3.63) is 0 Å². The number of rotatable bonds is 5. The van der Waals surface area contributed by atoms with E-state index in [2.05, 4.69) is 19.6 Å². The van der Waals surface area contributed by atoms with Crippen molar-refractivity contribution in [3.8, 4) is 0 Å². The molecule has 0 saturated carbocycles. The van der Waals surface area contributed by atoms with Gasteiger partial charge in [0.2, 0.25) is 0 Å². The average Bonchev–Trinajstić information content (AvgIpc) is 2.15. The van der Waals surface area contributed by atoms with Gasteiger partial charge in [0.25, 0.3) is 0 Å². The molecule has 0 unspecified atom stereocenters. The third-order valence-corrected chi connectivity index (χ3v) is 1.29. The molecular weight excluding hydrogens is 216 g/mol. The molecule has 0 aromatic rings. The first kappa shape index (κ1) is 14.9. The lowest BCUT2D eigenvalue weighted by atomic mass is 10.2. The summed E-state index contributed by atoms with van der Waals surface area (Å²) in [4.78, 5) is 30.6. The summed E-state index contributed by atoms with van der Waals surface area (Å²) in [6.07, 6.45) is 1.56. The molecule has 6 heteroatoms. The molecule has 0 radical (unpaired) electrons. The van der Waals surface area contributed by atoms with E-state index in [9.17, 15) is 9.59 Å². The molecule has 0 bridgehead atoms. The van der Waals surface area contributed by atoms with Crippen molar-refractivity contribution >= 4 is 11.9 Å². The number of hydrogen-bond acceptors (Lipinski definition) is 6. The van der Waals surface area contributed by atoms with Gasteiger partial charge in [-0.1, -0.05) is 13.3 Å². The lowest BCUT2D eigenvalue weighted by Gasteiger charge is -2.14. The molecule has 0 atom stereocenters. The number of carbonyl (C=O) groups excluding carboxylic acids is 2. The molecule has 0 aromatic carbocycles. The topological polar surface area (TPSA) is 71.1 Å². The Bertz CT molecular complexity index is 230. The quantitative estimate of drug-likeness (QED) is 0.236. The van der Waals surface area contributed by atoms with Gasteiger partial charge in [0.05, 0.1) is 12.2 Å². The average molecular weight is 234 g/mol. The predicted octanol–water partition coefficient (Wildman–Crippen LogP) is 1.53. The fraction of sp³-hybridized carbons (Fsp3) is 0.800. The van der Waals surface area contributed by atoms with Crippen LogP contribution in [0.4, 0.5) is 0 Å². The normalized spacial score (nSPS) is 11.0. The zero-order chi connectivity index (χ0) is 12.6. The van der Waals surface area contributed by atoms with Crippen molar-refractivity contribution in [2.75, 3.05) is 6.61 Å². The molecule has 0 aliphatic carbocycles. The molecule has 0 rings (SSSR count). The molecule has 0 N–H and O–H groups in total. The zero-order valence-corrected chi connectivity index (χ0v) is 10.1. The molecule has 6 nitrogen and oxygen atoms in total. The van der Waals surface area contributed by atoms with Gasteiger partial charge in [0.15, 0.2) is 0 Å². The van der Waals surface area contributed by atoms with Crippen LogP contribution in [0.15, 0.2) is 0 Å². The summed E-state index contributed by atoms with van der Waals surface area (Å²) in [5, 5.41) is 4.14. The van der Waals surface area contributed by atoms with Gasteiger partial charge in [-0.15, -0.1) is 0 Å². The second-order valence-corrected chi connectivity index (χ2v) is 4.12. The first-order chi connectivity index (χ1) is 7.37. The second kappa shape index (κ2) is 7.19. The minimum absolute atomic E-state index is 0.185. The smallest absolute Gasteiger partial charge is 0.453 e. The summed E-state index contributed by atoms with van der Waals surface area (Å²) in [7, 11) is 0. The van der Waals surface area contributed by atoms with E-state index < -0.39 is 17.5 Å². The van der Waals surface area contributed by atoms with E-state index in [1.807, 2.05) is 6.92 Å². The van der Waals surface area contributed by atoms with Crippen molar-refractivity contribution < 1.29 is 29.1 Å². The van der Waals surface area contributed by atoms with E-state index in [4.69, 9.17) is 0 Å². The van der Waals surface area contributed by atoms with E-state index in [1.165, 1.54) is 0 Å². The first-order valence-electron chi connectivity index (χ1n) is 5.10. The molecule has 0 fully saturated rings. The van der Waals surface area contributed by atoms with E-state index in [1.54, 1.807) is 20.8 Å². The SMILES string of the molecule is CCCCOC(=O)C(=O)OOOC(C)(C)C. The number of ether oxygens (including phenoxy) is 1. The van der Waals surface area contributed by atoms with Gasteiger partial charge in [-0.25, -0.2) is 9.59 Å². The van der Waals surface area contributed by atoms with Crippen LogP contribution in [0.3, 0.4) is 0 Å². The molecule has 0 saturated heterocycles. The number of hydrogen-bond donors (Lipinski definition) is 0. The molecular formula is C10H18O6. The maximum absolute atomic E-state index is 10.9. The van der Waals surface area contributed by atoms with E-state index in [-0.39, 0.29) is 6.61 Å². The Kier molecular flexibility index (Phi) is 6.67. The Morgan fingerprint density at radius 2 is 1.75 bits per heavy atom. The molecule has 0 spiro atoms. The van der Waals surface area contributed by atoms with Crippen molar-refractivity contribution in [2.24, 2.45) is 0 Å². The Hall–Kier alpha value is -1.14. The molecule has 0 heterocycles. The van der Waals surface area contributed by atoms with Crippen LogP contribution in [-0.2, 0) is 29.1 Å². The van der Waals surface area contributed by atoms with Crippen molar-refractivity contribution in [2.45, 2.75) is 46.1 Å². The molecule has 0 aliphatic heterocycles. The van der Waals surface area contributed by atoms with Crippen LogP contribution in [0.25, 0.3) is 0 Å². The van der Waals surface area contributed by atoms with Crippen LogP contribution in [-0.4, -0.2) is 24.1 Å². The number of carbonyl (C=O) groups is 2. The monoisotopic (exact) mass is 234 g/mol. The lowest BCUT2D eigenvalue weighted by molar-refractivity contribution is -0.513. The summed E-state index contributed by atoms with van der Waals surface area (Å²) >= 11 is 0.